The third kappa shape index (κ3) is 5.24. The van der Waals surface area contributed by atoms with Crippen LogP contribution in [0.25, 0.3) is 5.69 Å². The Hall–Kier alpha value is -3.00. The number of ether oxygens (including phenoxy) is 1. The van der Waals surface area contributed by atoms with E-state index in [1.807, 2.05) is 30.5 Å². The number of methoxy groups -OCH3 is 1. The van der Waals surface area contributed by atoms with E-state index < -0.39 is 11.8 Å². The number of aryl methyl sites for hydroxylation is 1. The van der Waals surface area contributed by atoms with Crippen molar-refractivity contribution in [1.82, 2.24) is 9.99 Å². The molecule has 7 nitrogen and oxygen atoms in total. The number of rotatable bonds is 5. The van der Waals surface area contributed by atoms with Gasteiger partial charge in [0.05, 0.1) is 29.1 Å². The first-order chi connectivity index (χ1) is 15.2. The van der Waals surface area contributed by atoms with Gasteiger partial charge in [-0.3, -0.25) is 9.59 Å². The molecule has 1 aromatic heterocycles. The number of nitrogens with one attached hydrogen (secondary N) is 2. The van der Waals surface area contributed by atoms with Crippen LogP contribution in [0.3, 0.4) is 0 Å². The van der Waals surface area contributed by atoms with Gasteiger partial charge in [-0.2, -0.15) is 5.10 Å². The first-order valence-corrected chi connectivity index (χ1v) is 10.5. The molecule has 166 valence electrons. The van der Waals surface area contributed by atoms with Crippen LogP contribution in [-0.4, -0.2) is 29.7 Å². The Bertz CT molecular complexity index is 1220. The van der Waals surface area contributed by atoms with Crippen LogP contribution in [0.2, 0.25) is 15.1 Å². The lowest BCUT2D eigenvalue weighted by Crippen LogP contribution is -2.32. The zero-order valence-electron chi connectivity index (χ0n) is 17.4. The molecule has 32 heavy (non-hydrogen) atoms. The third-order valence-corrected chi connectivity index (χ3v) is 5.59. The van der Waals surface area contributed by atoms with Crippen molar-refractivity contribution in [3.8, 4) is 11.4 Å². The quantitative estimate of drug-likeness (QED) is 0.293. The molecule has 0 unspecified atom stereocenters. The van der Waals surface area contributed by atoms with Crippen molar-refractivity contribution in [2.45, 2.75) is 13.8 Å². The SMILES string of the molecule is COc1ccc(Cl)cc1NC(=O)C(=O)N/N=C\c1cc(C)n(-c2ccc(Cl)c(Cl)c2)c1C. The minimum Gasteiger partial charge on any atom is -0.495 e. The van der Waals surface area contributed by atoms with Crippen LogP contribution in [0.1, 0.15) is 17.0 Å². The van der Waals surface area contributed by atoms with Gasteiger partial charge >= 0.3 is 11.8 Å². The highest BCUT2D eigenvalue weighted by Gasteiger charge is 2.16. The number of nitrogens with zero attached hydrogens (tertiary/aromatic N) is 2. The number of halogens is 3. The summed E-state index contributed by atoms with van der Waals surface area (Å²) in [5.74, 6) is -1.49. The van der Waals surface area contributed by atoms with Gasteiger partial charge in [0.2, 0.25) is 0 Å². The summed E-state index contributed by atoms with van der Waals surface area (Å²) in [6.07, 6.45) is 1.46. The summed E-state index contributed by atoms with van der Waals surface area (Å²) in [7, 11) is 1.44. The zero-order chi connectivity index (χ0) is 23.4. The molecule has 2 aromatic carbocycles. The molecule has 0 saturated carbocycles. The van der Waals surface area contributed by atoms with E-state index >= 15 is 0 Å². The van der Waals surface area contributed by atoms with Crippen molar-refractivity contribution in [2.75, 3.05) is 12.4 Å². The fourth-order valence-corrected chi connectivity index (χ4v) is 3.57. The van der Waals surface area contributed by atoms with Gasteiger partial charge < -0.3 is 14.6 Å². The van der Waals surface area contributed by atoms with Gasteiger partial charge in [-0.1, -0.05) is 34.8 Å². The summed E-state index contributed by atoms with van der Waals surface area (Å²) in [5, 5.41) is 7.65. The number of benzene rings is 2. The maximum atomic E-state index is 12.2. The van der Waals surface area contributed by atoms with Crippen molar-refractivity contribution in [1.29, 1.82) is 0 Å². The van der Waals surface area contributed by atoms with Gasteiger partial charge in [-0.25, -0.2) is 5.43 Å². The number of hydrogen-bond acceptors (Lipinski definition) is 4. The first kappa shape index (κ1) is 23.7. The highest BCUT2D eigenvalue weighted by atomic mass is 35.5. The molecule has 2 amide bonds. The fraction of sp³-hybridized carbons (Fsp3) is 0.136. The van der Waals surface area contributed by atoms with Crippen molar-refractivity contribution in [3.05, 3.63) is 74.5 Å². The molecule has 0 aliphatic heterocycles. The fourth-order valence-electron chi connectivity index (χ4n) is 3.11. The van der Waals surface area contributed by atoms with Crippen LogP contribution >= 0.6 is 34.8 Å². The predicted octanol–water partition coefficient (Wildman–Crippen LogP) is 5.15. The van der Waals surface area contributed by atoms with E-state index in [1.165, 1.54) is 19.4 Å². The van der Waals surface area contributed by atoms with Gasteiger partial charge in [-0.05, 0) is 56.3 Å². The molecule has 0 radical (unpaired) electrons. The van der Waals surface area contributed by atoms with Crippen LogP contribution in [0.15, 0.2) is 47.6 Å². The highest BCUT2D eigenvalue weighted by Crippen LogP contribution is 2.28. The number of carbonyl (C=O) groups excluding carboxylic acids is 2. The molecule has 2 N–H and O–H groups in total. The van der Waals surface area contributed by atoms with E-state index in [4.69, 9.17) is 39.5 Å². The molecule has 0 bridgehead atoms. The molecular formula is C22H19Cl3N4O3. The largest absolute Gasteiger partial charge is 0.495 e. The van der Waals surface area contributed by atoms with E-state index in [9.17, 15) is 9.59 Å². The number of amides is 2. The minimum atomic E-state index is -0.943. The number of carbonyl (C=O) groups is 2. The summed E-state index contributed by atoms with van der Waals surface area (Å²) in [5.41, 5.74) is 5.88. The van der Waals surface area contributed by atoms with E-state index in [2.05, 4.69) is 15.8 Å². The minimum absolute atomic E-state index is 0.273. The molecule has 1 heterocycles. The van der Waals surface area contributed by atoms with Gasteiger partial charge in [0.25, 0.3) is 0 Å². The number of anilines is 1. The normalized spacial score (nSPS) is 10.9. The Morgan fingerprint density at radius 2 is 1.75 bits per heavy atom. The Balaban J connectivity index is 1.71. The molecule has 0 aliphatic carbocycles. The lowest BCUT2D eigenvalue weighted by atomic mass is 10.2. The zero-order valence-corrected chi connectivity index (χ0v) is 19.6. The maximum absolute atomic E-state index is 12.2. The van der Waals surface area contributed by atoms with Crippen LogP contribution < -0.4 is 15.5 Å². The summed E-state index contributed by atoms with van der Waals surface area (Å²) in [6, 6.07) is 11.9. The third-order valence-electron chi connectivity index (χ3n) is 4.62. The standard InChI is InChI=1S/C22H19Cl3N4O3/c1-12-8-14(13(2)29(12)16-5-6-17(24)18(25)10-16)11-26-28-22(31)21(30)27-19-9-15(23)4-7-20(19)32-3/h4-11H,1-3H3,(H,27,30)(H,28,31)/b26-11-. The van der Waals surface area contributed by atoms with Crippen LogP contribution in [0.5, 0.6) is 5.75 Å². The monoisotopic (exact) mass is 492 g/mol. The van der Waals surface area contributed by atoms with Crippen molar-refractivity contribution in [2.24, 2.45) is 5.10 Å². The first-order valence-electron chi connectivity index (χ1n) is 9.33. The van der Waals surface area contributed by atoms with Crippen molar-refractivity contribution in [3.63, 3.8) is 0 Å². The number of hydrazone groups is 1. The molecule has 10 heteroatoms. The topological polar surface area (TPSA) is 84.7 Å². The summed E-state index contributed by atoms with van der Waals surface area (Å²) in [4.78, 5) is 24.3. The molecular weight excluding hydrogens is 475 g/mol. The van der Waals surface area contributed by atoms with E-state index in [-0.39, 0.29) is 5.69 Å². The van der Waals surface area contributed by atoms with Crippen LogP contribution in [-0.2, 0) is 9.59 Å². The summed E-state index contributed by atoms with van der Waals surface area (Å²) >= 11 is 18.1. The molecule has 0 saturated heterocycles. The molecule has 3 aromatic rings. The molecule has 0 fully saturated rings. The van der Waals surface area contributed by atoms with Crippen molar-refractivity contribution >= 4 is 58.5 Å². The van der Waals surface area contributed by atoms with E-state index in [0.29, 0.717) is 20.8 Å². The Morgan fingerprint density at radius 3 is 2.44 bits per heavy atom. The molecule has 3 rings (SSSR count). The van der Waals surface area contributed by atoms with Crippen LogP contribution in [0.4, 0.5) is 5.69 Å². The molecule has 0 atom stereocenters. The lowest BCUT2D eigenvalue weighted by Gasteiger charge is -2.10. The van der Waals surface area contributed by atoms with E-state index in [0.717, 1.165) is 22.6 Å². The molecule has 0 spiro atoms. The van der Waals surface area contributed by atoms with Crippen molar-refractivity contribution < 1.29 is 14.3 Å². The lowest BCUT2D eigenvalue weighted by molar-refractivity contribution is -0.136. The second-order valence-corrected chi connectivity index (χ2v) is 8.01. The summed E-state index contributed by atoms with van der Waals surface area (Å²) in [6.45, 7) is 3.83. The Kier molecular flexibility index (Phi) is 7.45. The second-order valence-electron chi connectivity index (χ2n) is 6.76. The van der Waals surface area contributed by atoms with Crippen LogP contribution in [0, 0.1) is 13.8 Å². The van der Waals surface area contributed by atoms with Gasteiger partial charge in [-0.15, -0.1) is 0 Å². The maximum Gasteiger partial charge on any atom is 0.329 e. The average Bonchev–Trinajstić information content (AvgIpc) is 3.03. The Labute approximate surface area is 199 Å². The number of hydrogen-bond donors (Lipinski definition) is 2. The highest BCUT2D eigenvalue weighted by molar-refractivity contribution is 6.42. The Morgan fingerprint density at radius 1 is 1.00 bits per heavy atom. The second kappa shape index (κ2) is 10.1. The summed E-state index contributed by atoms with van der Waals surface area (Å²) < 4.78 is 7.12. The number of aromatic nitrogens is 1. The molecule has 0 aliphatic rings. The predicted molar refractivity (Wildman–Crippen MR) is 128 cm³/mol. The van der Waals surface area contributed by atoms with E-state index in [1.54, 1.807) is 24.3 Å². The van der Waals surface area contributed by atoms with Gasteiger partial charge in [0, 0.05) is 27.7 Å². The smallest absolute Gasteiger partial charge is 0.329 e. The van der Waals surface area contributed by atoms with Gasteiger partial charge in [0.1, 0.15) is 5.75 Å². The van der Waals surface area contributed by atoms with Gasteiger partial charge in [0.15, 0.2) is 0 Å². The average molecular weight is 494 g/mol.